The third-order valence-corrected chi connectivity index (χ3v) is 4.68. The average Bonchev–Trinajstić information content (AvgIpc) is 3.25. The highest BCUT2D eigenvalue weighted by atomic mass is 32.1. The first-order chi connectivity index (χ1) is 10.8. The van der Waals surface area contributed by atoms with Crippen molar-refractivity contribution in [3.63, 3.8) is 0 Å². The van der Waals surface area contributed by atoms with Crippen molar-refractivity contribution in [2.75, 3.05) is 0 Å². The van der Waals surface area contributed by atoms with Gasteiger partial charge in [-0.2, -0.15) is 5.10 Å². The van der Waals surface area contributed by atoms with Crippen LogP contribution < -0.4 is 0 Å². The number of hydrogen-bond acceptors (Lipinski definition) is 2. The van der Waals surface area contributed by atoms with E-state index in [1.54, 1.807) is 0 Å². The molecule has 0 amide bonds. The Labute approximate surface area is 134 Å². The number of aryl methyl sites for hydroxylation is 1. The van der Waals surface area contributed by atoms with E-state index in [2.05, 4.69) is 64.2 Å². The Balaban J connectivity index is 1.74. The van der Waals surface area contributed by atoms with E-state index >= 15 is 0 Å². The van der Waals surface area contributed by atoms with Gasteiger partial charge in [-0.25, -0.2) is 0 Å². The molecule has 3 aromatic rings. The molecular weight excluding hydrogens is 290 g/mol. The number of aromatic amines is 1. The summed E-state index contributed by atoms with van der Waals surface area (Å²) in [6.45, 7) is 2.11. The topological polar surface area (TPSA) is 33.6 Å². The van der Waals surface area contributed by atoms with Crippen LogP contribution in [0.2, 0.25) is 0 Å². The maximum absolute atomic E-state index is 5.46. The van der Waals surface area contributed by atoms with Crippen LogP contribution in [0.15, 0.2) is 54.6 Å². The number of rotatable bonds is 3. The van der Waals surface area contributed by atoms with Crippen molar-refractivity contribution in [1.29, 1.82) is 0 Å². The van der Waals surface area contributed by atoms with Crippen LogP contribution in [0.5, 0.6) is 0 Å². The molecule has 110 valence electrons. The number of nitrogens with zero attached hydrogens (tertiary/aromatic N) is 2. The molecular formula is C18H17N3S. The Morgan fingerprint density at radius 2 is 1.77 bits per heavy atom. The molecule has 22 heavy (non-hydrogen) atoms. The zero-order valence-electron chi connectivity index (χ0n) is 12.4. The number of hydrogen-bond donors (Lipinski definition) is 1. The second-order valence-corrected chi connectivity index (χ2v) is 6.25. The molecule has 4 heteroatoms. The second kappa shape index (κ2) is 5.21. The van der Waals surface area contributed by atoms with Crippen molar-refractivity contribution in [2.24, 2.45) is 0 Å². The van der Waals surface area contributed by atoms with Crippen LogP contribution in [-0.2, 0) is 0 Å². The van der Waals surface area contributed by atoms with Gasteiger partial charge in [-0.05, 0) is 48.7 Å². The molecule has 4 rings (SSSR count). The van der Waals surface area contributed by atoms with Crippen molar-refractivity contribution in [1.82, 2.24) is 14.8 Å². The van der Waals surface area contributed by atoms with Gasteiger partial charge in [0.2, 0.25) is 0 Å². The summed E-state index contributed by atoms with van der Waals surface area (Å²) in [6, 6.07) is 19.0. The predicted octanol–water partition coefficient (Wildman–Crippen LogP) is 4.51. The van der Waals surface area contributed by atoms with E-state index in [-0.39, 0.29) is 0 Å². The molecule has 0 radical (unpaired) electrons. The summed E-state index contributed by atoms with van der Waals surface area (Å²) in [6.07, 6.45) is 1.13. The van der Waals surface area contributed by atoms with E-state index in [1.165, 1.54) is 11.1 Å². The predicted molar refractivity (Wildman–Crippen MR) is 90.0 cm³/mol. The fraction of sp³-hybridized carbons (Fsp3) is 0.222. The summed E-state index contributed by atoms with van der Waals surface area (Å²) in [7, 11) is 0. The molecule has 0 bridgehead atoms. The van der Waals surface area contributed by atoms with Gasteiger partial charge in [0, 0.05) is 5.92 Å². The molecule has 1 saturated carbocycles. The van der Waals surface area contributed by atoms with Crippen molar-refractivity contribution >= 4 is 12.2 Å². The van der Waals surface area contributed by atoms with Gasteiger partial charge in [0.25, 0.3) is 0 Å². The Morgan fingerprint density at radius 3 is 2.55 bits per heavy atom. The third-order valence-electron chi connectivity index (χ3n) is 4.40. The van der Waals surface area contributed by atoms with Crippen LogP contribution in [-0.4, -0.2) is 14.8 Å². The summed E-state index contributed by atoms with van der Waals surface area (Å²) in [5, 5.41) is 7.49. The van der Waals surface area contributed by atoms with Crippen LogP contribution in [0, 0.1) is 11.7 Å². The maximum atomic E-state index is 5.46. The summed E-state index contributed by atoms with van der Waals surface area (Å²) < 4.78 is 2.76. The third kappa shape index (κ3) is 2.20. The summed E-state index contributed by atoms with van der Waals surface area (Å²) in [5.41, 5.74) is 3.71. The minimum atomic E-state index is 0.440. The molecule has 0 unspecified atom stereocenters. The van der Waals surface area contributed by atoms with Crippen molar-refractivity contribution in [3.8, 4) is 5.69 Å². The lowest BCUT2D eigenvalue weighted by Crippen LogP contribution is -2.02. The van der Waals surface area contributed by atoms with Crippen LogP contribution in [0.25, 0.3) is 5.69 Å². The fourth-order valence-corrected chi connectivity index (χ4v) is 3.39. The summed E-state index contributed by atoms with van der Waals surface area (Å²) >= 11 is 5.46. The van der Waals surface area contributed by atoms with Gasteiger partial charge in [-0.15, -0.1) is 0 Å². The van der Waals surface area contributed by atoms with Gasteiger partial charge in [0.15, 0.2) is 4.77 Å². The van der Waals surface area contributed by atoms with Gasteiger partial charge in [0.05, 0.1) is 5.69 Å². The maximum Gasteiger partial charge on any atom is 0.199 e. The first-order valence-corrected chi connectivity index (χ1v) is 7.95. The molecule has 2 aromatic carbocycles. The first-order valence-electron chi connectivity index (χ1n) is 7.54. The van der Waals surface area contributed by atoms with Crippen LogP contribution in [0.4, 0.5) is 0 Å². The fourth-order valence-electron chi connectivity index (χ4n) is 3.15. The SMILES string of the molecule is Cc1ccccc1-n1c([C@H]2C[C@@H]2c2ccccc2)n[nH]c1=S. The second-order valence-electron chi connectivity index (χ2n) is 5.87. The molecule has 0 saturated heterocycles. The molecule has 2 atom stereocenters. The minimum Gasteiger partial charge on any atom is -0.272 e. The van der Waals surface area contributed by atoms with Crippen LogP contribution >= 0.6 is 12.2 Å². The largest absolute Gasteiger partial charge is 0.272 e. The zero-order valence-corrected chi connectivity index (χ0v) is 13.2. The van der Waals surface area contributed by atoms with Gasteiger partial charge >= 0.3 is 0 Å². The van der Waals surface area contributed by atoms with E-state index in [0.717, 1.165) is 17.9 Å². The standard InChI is InChI=1S/C18H17N3S/c1-12-7-5-6-10-16(12)21-17(19-20-18(21)22)15-11-14(15)13-8-3-2-4-9-13/h2-10,14-15H,11H2,1H3,(H,20,22)/t14-,15+/m1/s1. The van der Waals surface area contributed by atoms with E-state index in [9.17, 15) is 0 Å². The normalized spacial score (nSPS) is 20.0. The summed E-state index contributed by atoms with van der Waals surface area (Å²) in [5.74, 6) is 2.04. The number of H-pyrrole nitrogens is 1. The van der Waals surface area contributed by atoms with Gasteiger partial charge in [-0.3, -0.25) is 9.67 Å². The smallest absolute Gasteiger partial charge is 0.199 e. The Kier molecular flexibility index (Phi) is 3.19. The molecule has 1 aliphatic carbocycles. The Bertz CT molecular complexity index is 863. The van der Waals surface area contributed by atoms with Crippen LogP contribution in [0.3, 0.4) is 0 Å². The molecule has 0 spiro atoms. The highest BCUT2D eigenvalue weighted by molar-refractivity contribution is 7.71. The zero-order chi connectivity index (χ0) is 15.1. The Hall–Kier alpha value is -2.20. The number of benzene rings is 2. The quantitative estimate of drug-likeness (QED) is 0.722. The summed E-state index contributed by atoms with van der Waals surface area (Å²) in [4.78, 5) is 0. The molecule has 1 aliphatic rings. The van der Waals surface area contributed by atoms with E-state index in [4.69, 9.17) is 12.2 Å². The van der Waals surface area contributed by atoms with E-state index in [0.29, 0.717) is 16.6 Å². The molecule has 1 aromatic heterocycles. The first kappa shape index (κ1) is 13.5. The Morgan fingerprint density at radius 1 is 1.05 bits per heavy atom. The lowest BCUT2D eigenvalue weighted by atomic mass is 10.1. The van der Waals surface area contributed by atoms with E-state index < -0.39 is 0 Å². The van der Waals surface area contributed by atoms with Crippen molar-refractivity contribution < 1.29 is 0 Å². The molecule has 1 N–H and O–H groups in total. The minimum absolute atomic E-state index is 0.440. The molecule has 0 aliphatic heterocycles. The molecule has 3 nitrogen and oxygen atoms in total. The highest BCUT2D eigenvalue weighted by Crippen LogP contribution is 2.54. The lowest BCUT2D eigenvalue weighted by molar-refractivity contribution is 0.843. The van der Waals surface area contributed by atoms with Crippen LogP contribution in [0.1, 0.15) is 35.2 Å². The number of nitrogens with one attached hydrogen (secondary N) is 1. The van der Waals surface area contributed by atoms with E-state index in [1.807, 2.05) is 12.1 Å². The number of aromatic nitrogens is 3. The van der Waals surface area contributed by atoms with Gasteiger partial charge in [-0.1, -0.05) is 48.5 Å². The average molecular weight is 307 g/mol. The molecule has 1 heterocycles. The monoisotopic (exact) mass is 307 g/mol. The van der Waals surface area contributed by atoms with Crippen molar-refractivity contribution in [3.05, 3.63) is 76.3 Å². The number of para-hydroxylation sites is 1. The van der Waals surface area contributed by atoms with Gasteiger partial charge < -0.3 is 0 Å². The lowest BCUT2D eigenvalue weighted by Gasteiger charge is -2.09. The molecule has 1 fully saturated rings. The highest BCUT2D eigenvalue weighted by Gasteiger charge is 2.43. The van der Waals surface area contributed by atoms with Crippen molar-refractivity contribution in [2.45, 2.75) is 25.2 Å². The van der Waals surface area contributed by atoms with Gasteiger partial charge in [0.1, 0.15) is 5.82 Å².